The highest BCUT2D eigenvalue weighted by molar-refractivity contribution is 15.0. The van der Waals surface area contributed by atoms with Crippen LogP contribution in [0.5, 0.6) is 0 Å². The van der Waals surface area contributed by atoms with Crippen molar-refractivity contribution in [2.45, 2.75) is 139 Å². The van der Waals surface area contributed by atoms with Crippen LogP contribution in [-0.2, 0) is 44.2 Å². The van der Waals surface area contributed by atoms with Crippen molar-refractivity contribution in [2.75, 3.05) is 70.2 Å². The van der Waals surface area contributed by atoms with Crippen molar-refractivity contribution in [3.63, 3.8) is 0 Å². The van der Waals surface area contributed by atoms with Crippen LogP contribution in [0.1, 0.15) is 126 Å². The number of allylic oxidation sites excluding steroid dienone is 6. The number of aliphatic hydroxyl groups is 1. The lowest BCUT2D eigenvalue weighted by Gasteiger charge is -2.28. The van der Waals surface area contributed by atoms with E-state index in [1.807, 2.05) is 114 Å². The number of amidine groups is 1. The molecule has 0 radical (unpaired) electrons. The Balaban J connectivity index is 0.000000410. The number of hydrogen-bond acceptors (Lipinski definition) is 15. The average Bonchev–Trinajstić information content (AvgIpc) is 1.63. The quantitative estimate of drug-likeness (QED) is 0.0263. The summed E-state index contributed by atoms with van der Waals surface area (Å²) in [6.45, 7) is 24.6. The van der Waals surface area contributed by atoms with Crippen LogP contribution in [0.2, 0.25) is 0 Å². The molecule has 2 aromatic heterocycles. The van der Waals surface area contributed by atoms with Crippen molar-refractivity contribution in [2.24, 2.45) is 25.4 Å². The second-order valence-electron chi connectivity index (χ2n) is 25.8. The van der Waals surface area contributed by atoms with Gasteiger partial charge in [-0.05, 0) is 182 Å². The lowest BCUT2D eigenvalue weighted by molar-refractivity contribution is -0.685. The monoisotopic (exact) mass is 1700 g/mol. The molecule has 0 atom stereocenters. The van der Waals surface area contributed by atoms with E-state index in [1.54, 1.807) is 6.92 Å². The summed E-state index contributed by atoms with van der Waals surface area (Å²) in [4.78, 5) is 25.8. The Morgan fingerprint density at radius 3 is 1.78 bits per heavy atom. The zero-order valence-corrected chi connectivity index (χ0v) is 67.1. The standard InChI is InChI=1S/C37H48ClN5O3S.C20H20ClN3.C14H20N2O3S.C2H6O.CH4.2ClH.I2/c1-7-8-9-20-42-22-12-14-29-34(42)39-31(36(29,2)3)18-16-27-25-41(6)26-28(33(27)38)17-19-32-37(4,5)30-15-13-23-43(35(30)40-32)21-10-11-24-47(44,45)46;1-24-14-16(12-22-18-8-4-2-5-9-18)20(21)17(15-24)13-23-19-10-6-3-7-11-19;1-11-14(2,3)12-7-6-9-16(13(12)15-11)8-4-5-10-20(17,18)19;1-2-3;;;;1-2/h12-19,22-23H,7-11,20-21,24-26H2,1-6H3;2-13,22H,14-15H2,1H3;6-7,9H,4-5,8,10H2,1-3H3;3H,2H2,1H3;1H4;2*1H;/b;16-12+,23-13?;;;;;;. The van der Waals surface area contributed by atoms with Gasteiger partial charge in [0.05, 0.1) is 84.1 Å². The zero-order chi connectivity index (χ0) is 70.4. The number of hydrogen-bond donors (Lipinski definition) is 2. The van der Waals surface area contributed by atoms with Crippen molar-refractivity contribution in [3.8, 4) is 0 Å². The maximum absolute atomic E-state index is 11.0. The molecule has 0 bridgehead atoms. The Bertz CT molecular complexity index is 3980. The first-order chi connectivity index (χ1) is 45.6. The van der Waals surface area contributed by atoms with Gasteiger partial charge in [-0.3, -0.25) is 14.8 Å². The van der Waals surface area contributed by atoms with Crippen LogP contribution in [-0.4, -0.2) is 134 Å². The smallest absolute Gasteiger partial charge is 0.327 e. The third-order valence-electron chi connectivity index (χ3n) is 17.2. The van der Waals surface area contributed by atoms with E-state index in [-0.39, 0.29) is 66.6 Å². The van der Waals surface area contributed by atoms with Gasteiger partial charge in [0.15, 0.2) is 5.71 Å². The second-order valence-corrected chi connectivity index (χ2v) is 29.6. The van der Waals surface area contributed by atoms with Gasteiger partial charge in [-0.1, -0.05) is 112 Å². The highest BCUT2D eigenvalue weighted by Crippen LogP contribution is 2.45. The second kappa shape index (κ2) is 41.5. The predicted molar refractivity (Wildman–Crippen MR) is 432 cm³/mol. The van der Waals surface area contributed by atoms with Gasteiger partial charge < -0.3 is 24.4 Å². The molecule has 0 aliphatic carbocycles. The number of nitrogens with zero attached hydrogens (tertiary/aromatic N) is 9. The fourth-order valence-corrected chi connectivity index (χ4v) is 13.2. The molecule has 0 amide bonds. The van der Waals surface area contributed by atoms with E-state index in [0.717, 1.165) is 123 Å². The minimum atomic E-state index is -4.21. The Morgan fingerprint density at radius 1 is 0.667 bits per heavy atom. The molecule has 2 N–H and O–H groups in total. The molecule has 8 heterocycles. The number of para-hydroxylation sites is 2. The van der Waals surface area contributed by atoms with Crippen LogP contribution in [0.3, 0.4) is 0 Å². The van der Waals surface area contributed by atoms with Crippen molar-refractivity contribution in [3.05, 3.63) is 201 Å². The minimum Gasteiger partial charge on any atom is -0.748 e. The number of aryl methyl sites for hydroxylation is 2. The number of halogens is 6. The summed E-state index contributed by atoms with van der Waals surface area (Å²) in [5.41, 5.74) is 12.2. The molecule has 25 heteroatoms. The highest BCUT2D eigenvalue weighted by Gasteiger charge is 2.43. The Morgan fingerprint density at radius 2 is 1.19 bits per heavy atom. The molecule has 0 saturated heterocycles. The normalized spacial score (nSPS) is 18.5. The summed E-state index contributed by atoms with van der Waals surface area (Å²) in [7, 11) is -4.13. The largest absolute Gasteiger partial charge is 0.748 e. The molecule has 2 aromatic carbocycles. The third kappa shape index (κ3) is 25.6. The predicted octanol–water partition coefficient (Wildman–Crippen LogP) is 16.6. The number of unbranched alkanes of at least 4 members (excludes halogenated alkanes) is 4. The molecule has 99 heavy (non-hydrogen) atoms. The van der Waals surface area contributed by atoms with Crippen molar-refractivity contribution in [1.82, 2.24) is 14.7 Å². The molecular weight excluding hydrogens is 1600 g/mol. The van der Waals surface area contributed by atoms with Crippen LogP contribution in [0.15, 0.2) is 210 Å². The van der Waals surface area contributed by atoms with E-state index < -0.39 is 20.2 Å². The number of rotatable bonds is 21. The van der Waals surface area contributed by atoms with Crippen LogP contribution >= 0.6 is 85.2 Å². The van der Waals surface area contributed by atoms with Crippen LogP contribution in [0, 0.1) is 5.41 Å². The number of fused-ring (bicyclic) bond motifs is 3. The molecule has 542 valence electrons. The van der Waals surface area contributed by atoms with Crippen LogP contribution < -0.4 is 14.5 Å². The molecule has 17 nitrogen and oxygen atoms in total. The molecule has 6 aliphatic heterocycles. The molecule has 0 fully saturated rings. The first-order valence-corrected chi connectivity index (χ1v) is 42.7. The van der Waals surface area contributed by atoms with Gasteiger partial charge in [-0.15, -0.1) is 24.8 Å². The Kier molecular flexibility index (Phi) is 37.1. The number of likely N-dealkylation sites (N-methyl/N-ethyl adjacent to an activating group) is 2. The summed E-state index contributed by atoms with van der Waals surface area (Å²) in [5, 5.41) is 12.4. The first-order valence-electron chi connectivity index (χ1n) is 32.5. The van der Waals surface area contributed by atoms with Gasteiger partial charge in [-0.2, -0.15) is 0 Å². The number of aliphatic hydroxyl groups excluding tert-OH is 1. The van der Waals surface area contributed by atoms with E-state index in [9.17, 15) is 25.9 Å². The maximum Gasteiger partial charge on any atom is 0.327 e. The average molecular weight is 1700 g/mol. The topological polar surface area (TPSA) is 214 Å². The van der Waals surface area contributed by atoms with E-state index >= 15 is 0 Å². The first kappa shape index (κ1) is 88.5. The number of aliphatic imine (C=N–C) groups is 4. The third-order valence-corrected chi connectivity index (χ3v) is 19.8. The minimum absolute atomic E-state index is 0. The summed E-state index contributed by atoms with van der Waals surface area (Å²) in [6, 6.07) is 28.3. The fraction of sp³-hybridized carbons (Fsp3) is 0.432. The summed E-state index contributed by atoms with van der Waals surface area (Å²) in [5.74, 6) is 2.23. The van der Waals surface area contributed by atoms with Crippen molar-refractivity contribution >= 4 is 152 Å². The molecule has 10 rings (SSSR count). The highest BCUT2D eigenvalue weighted by atomic mass is 128. The van der Waals surface area contributed by atoms with Crippen molar-refractivity contribution < 1.29 is 40.2 Å². The van der Waals surface area contributed by atoms with Gasteiger partial charge in [-0.25, -0.2) is 31.0 Å². The molecule has 6 aliphatic rings. The molecule has 4 aromatic rings. The number of anilines is 1. The lowest BCUT2D eigenvalue weighted by atomic mass is 9.81. The Hall–Kier alpha value is -4.74. The Labute approximate surface area is 636 Å². The van der Waals surface area contributed by atoms with Gasteiger partial charge in [0.1, 0.15) is 11.5 Å². The molecule has 0 saturated carbocycles. The summed E-state index contributed by atoms with van der Waals surface area (Å²) in [6.07, 6.45) is 27.9. The lowest BCUT2D eigenvalue weighted by Crippen LogP contribution is -2.35. The maximum atomic E-state index is 11.0. The molecular formula is C74H100Cl4I2N10O7S2. The van der Waals surface area contributed by atoms with E-state index in [4.69, 9.17) is 38.3 Å². The molecule has 0 unspecified atom stereocenters. The van der Waals surface area contributed by atoms with E-state index in [2.05, 4.69) is 184 Å². The number of pyridine rings is 2. The molecule has 0 spiro atoms. The zero-order valence-electron chi connectivity index (χ0n) is 58.0. The van der Waals surface area contributed by atoms with Gasteiger partial charge in [0, 0.05) is 140 Å². The van der Waals surface area contributed by atoms with Crippen molar-refractivity contribution in [1.29, 1.82) is 0 Å². The SMILES string of the molecule is C.CC1=Nc2c(ccc[n+]2CCCCS(=O)(=O)[O-])C1(C)C.CCCCC[n+]1cccc2c1N=C(/C=C/C1=C(Cl)C(=C/C=C3/N=C4C(=CC=CN4CCCCS(=O)(=O)[O-])C3(C)C)/CN(C)C1)C2(C)C.CCO.CN1CC(C=Nc2ccccc2)=C(Cl)/C(=C/Nc2ccccc2)C1.Cl.Cl.II. The fourth-order valence-electron chi connectivity index (χ4n) is 11.6. The number of benzene rings is 2. The van der Waals surface area contributed by atoms with E-state index in [0.29, 0.717) is 38.8 Å². The summed E-state index contributed by atoms with van der Waals surface area (Å²) < 4.78 is 69.1. The van der Waals surface area contributed by atoms with Gasteiger partial charge in [0.25, 0.3) is 0 Å². The van der Waals surface area contributed by atoms with Crippen LogP contribution in [0.25, 0.3) is 0 Å². The summed E-state index contributed by atoms with van der Waals surface area (Å²) >= 11 is 17.9. The number of aromatic nitrogens is 2. The van der Waals surface area contributed by atoms with Crippen LogP contribution in [0.4, 0.5) is 23.0 Å². The van der Waals surface area contributed by atoms with E-state index in [1.165, 1.54) is 24.0 Å². The van der Waals surface area contributed by atoms with Gasteiger partial charge >= 0.3 is 11.6 Å². The van der Waals surface area contributed by atoms with Gasteiger partial charge in [0.2, 0.25) is 0 Å². The number of nitrogens with one attached hydrogen (secondary N) is 1.